The van der Waals surface area contributed by atoms with Crippen molar-refractivity contribution in [3.8, 4) is 0 Å². The first-order chi connectivity index (χ1) is 11.9. The lowest BCUT2D eigenvalue weighted by molar-refractivity contribution is -0.128. The Morgan fingerprint density at radius 2 is 1.88 bits per heavy atom. The lowest BCUT2D eigenvalue weighted by Crippen LogP contribution is -2.28. The van der Waals surface area contributed by atoms with Crippen LogP contribution in [0.1, 0.15) is 23.1 Å². The predicted octanol–water partition coefficient (Wildman–Crippen LogP) is 3.94. The summed E-state index contributed by atoms with van der Waals surface area (Å²) in [6, 6.07) is 13.4. The van der Waals surface area contributed by atoms with Crippen molar-refractivity contribution in [1.29, 1.82) is 0 Å². The zero-order chi connectivity index (χ0) is 18.0. The topological polar surface area (TPSA) is 49.4 Å². The summed E-state index contributed by atoms with van der Waals surface area (Å²) in [5, 5.41) is 3.58. The molecular formula is C20H21ClN2O2. The molecular weight excluding hydrogens is 336 g/mol. The Bertz CT molecular complexity index is 799. The molecule has 1 heterocycles. The van der Waals surface area contributed by atoms with Crippen LogP contribution in [0.25, 0.3) is 0 Å². The van der Waals surface area contributed by atoms with E-state index in [0.29, 0.717) is 18.1 Å². The summed E-state index contributed by atoms with van der Waals surface area (Å²) in [6.45, 7) is 4.84. The summed E-state index contributed by atoms with van der Waals surface area (Å²) < 4.78 is 0. The molecule has 0 aromatic heterocycles. The van der Waals surface area contributed by atoms with Crippen molar-refractivity contribution in [3.05, 3.63) is 64.2 Å². The van der Waals surface area contributed by atoms with Crippen molar-refractivity contribution in [2.45, 2.75) is 26.8 Å². The van der Waals surface area contributed by atoms with Crippen molar-refractivity contribution in [1.82, 2.24) is 4.90 Å². The van der Waals surface area contributed by atoms with Crippen LogP contribution in [0.2, 0.25) is 5.02 Å². The lowest BCUT2D eigenvalue weighted by atomic mass is 10.1. The standard InChI is InChI=1S/C20H21ClN2O2/c1-13-7-14(2)9-17(8-13)22-20(25)16-10-19(24)23(12-16)11-15-5-3-4-6-18(15)21/h3-9,16H,10-12H2,1-2H3,(H,22,25)/t16-/m1/s1. The number of likely N-dealkylation sites (tertiary alicyclic amines) is 1. The summed E-state index contributed by atoms with van der Waals surface area (Å²) in [6.07, 6.45) is 0.237. The number of anilines is 1. The van der Waals surface area contributed by atoms with E-state index in [1.807, 2.05) is 50.2 Å². The molecule has 0 unspecified atom stereocenters. The molecule has 4 nitrogen and oxygen atoms in total. The van der Waals surface area contributed by atoms with Gasteiger partial charge >= 0.3 is 0 Å². The Balaban J connectivity index is 1.65. The molecule has 2 aromatic rings. The molecule has 0 saturated carbocycles. The Kier molecular flexibility index (Phi) is 5.09. The minimum atomic E-state index is -0.337. The van der Waals surface area contributed by atoms with Gasteiger partial charge in [-0.1, -0.05) is 35.9 Å². The third kappa shape index (κ3) is 4.20. The van der Waals surface area contributed by atoms with Gasteiger partial charge < -0.3 is 10.2 Å². The van der Waals surface area contributed by atoms with Gasteiger partial charge in [0.05, 0.1) is 5.92 Å². The first kappa shape index (κ1) is 17.5. The molecule has 1 aliphatic heterocycles. The maximum atomic E-state index is 12.5. The van der Waals surface area contributed by atoms with Crippen LogP contribution in [0, 0.1) is 19.8 Å². The van der Waals surface area contributed by atoms with E-state index in [0.717, 1.165) is 22.4 Å². The summed E-state index contributed by atoms with van der Waals surface area (Å²) in [5.41, 5.74) is 3.86. The second-order valence-electron chi connectivity index (χ2n) is 6.63. The number of hydrogen-bond donors (Lipinski definition) is 1. The molecule has 2 amide bonds. The maximum Gasteiger partial charge on any atom is 0.229 e. The number of amides is 2. The quantitative estimate of drug-likeness (QED) is 0.901. The Labute approximate surface area is 152 Å². The molecule has 2 aromatic carbocycles. The van der Waals surface area contributed by atoms with E-state index in [9.17, 15) is 9.59 Å². The maximum absolute atomic E-state index is 12.5. The molecule has 5 heteroatoms. The third-order valence-corrected chi connectivity index (χ3v) is 4.76. The van der Waals surface area contributed by atoms with Crippen LogP contribution in [0.15, 0.2) is 42.5 Å². The highest BCUT2D eigenvalue weighted by molar-refractivity contribution is 6.31. The van der Waals surface area contributed by atoms with Crippen LogP contribution >= 0.6 is 11.6 Å². The SMILES string of the molecule is Cc1cc(C)cc(NC(=O)[C@@H]2CC(=O)N(Cc3ccccc3Cl)C2)c1. The molecule has 0 bridgehead atoms. The minimum absolute atomic E-state index is 0.0134. The van der Waals surface area contributed by atoms with E-state index in [1.54, 1.807) is 4.90 Å². The fourth-order valence-corrected chi connectivity index (χ4v) is 3.42. The molecule has 1 atom stereocenters. The van der Waals surface area contributed by atoms with Crippen LogP contribution < -0.4 is 5.32 Å². The number of nitrogens with zero attached hydrogens (tertiary/aromatic N) is 1. The van der Waals surface area contributed by atoms with Gasteiger partial charge in [0, 0.05) is 30.2 Å². The number of rotatable bonds is 4. The molecule has 0 spiro atoms. The average molecular weight is 357 g/mol. The van der Waals surface area contributed by atoms with Gasteiger partial charge in [0.15, 0.2) is 0 Å². The van der Waals surface area contributed by atoms with Gasteiger partial charge in [-0.05, 0) is 48.7 Å². The Hall–Kier alpha value is -2.33. The molecule has 1 saturated heterocycles. The summed E-state index contributed by atoms with van der Waals surface area (Å²) in [7, 11) is 0. The number of benzene rings is 2. The number of hydrogen-bond acceptors (Lipinski definition) is 2. The van der Waals surface area contributed by atoms with Gasteiger partial charge in [-0.3, -0.25) is 9.59 Å². The minimum Gasteiger partial charge on any atom is -0.337 e. The van der Waals surface area contributed by atoms with Crippen LogP contribution in [0.4, 0.5) is 5.69 Å². The zero-order valence-electron chi connectivity index (χ0n) is 14.4. The van der Waals surface area contributed by atoms with E-state index in [1.165, 1.54) is 0 Å². The van der Waals surface area contributed by atoms with E-state index in [2.05, 4.69) is 11.4 Å². The Morgan fingerprint density at radius 3 is 2.56 bits per heavy atom. The van der Waals surface area contributed by atoms with Crippen molar-refractivity contribution in [2.75, 3.05) is 11.9 Å². The number of carbonyl (C=O) groups excluding carboxylic acids is 2. The molecule has 1 fully saturated rings. The number of aryl methyl sites for hydroxylation is 2. The monoisotopic (exact) mass is 356 g/mol. The zero-order valence-corrected chi connectivity index (χ0v) is 15.1. The van der Waals surface area contributed by atoms with Crippen molar-refractivity contribution in [3.63, 3.8) is 0 Å². The summed E-state index contributed by atoms with van der Waals surface area (Å²) in [5.74, 6) is -0.462. The molecule has 0 radical (unpaired) electrons. The van der Waals surface area contributed by atoms with Gasteiger partial charge in [-0.25, -0.2) is 0 Å². The summed E-state index contributed by atoms with van der Waals surface area (Å²) >= 11 is 6.17. The summed E-state index contributed by atoms with van der Waals surface area (Å²) in [4.78, 5) is 26.5. The van der Waals surface area contributed by atoms with Crippen molar-refractivity contribution < 1.29 is 9.59 Å². The fourth-order valence-electron chi connectivity index (χ4n) is 3.22. The highest BCUT2D eigenvalue weighted by Gasteiger charge is 2.34. The van der Waals surface area contributed by atoms with E-state index in [4.69, 9.17) is 11.6 Å². The lowest BCUT2D eigenvalue weighted by Gasteiger charge is -2.17. The molecule has 130 valence electrons. The highest BCUT2D eigenvalue weighted by Crippen LogP contribution is 2.25. The van der Waals surface area contributed by atoms with Gasteiger partial charge in [-0.15, -0.1) is 0 Å². The average Bonchev–Trinajstić information content (AvgIpc) is 2.90. The number of nitrogens with one attached hydrogen (secondary N) is 1. The van der Waals surface area contributed by atoms with Gasteiger partial charge in [0.1, 0.15) is 0 Å². The second kappa shape index (κ2) is 7.28. The fraction of sp³-hybridized carbons (Fsp3) is 0.300. The van der Waals surface area contributed by atoms with Crippen LogP contribution in [0.3, 0.4) is 0 Å². The number of carbonyl (C=O) groups is 2. The predicted molar refractivity (Wildman–Crippen MR) is 99.5 cm³/mol. The first-order valence-electron chi connectivity index (χ1n) is 8.32. The van der Waals surface area contributed by atoms with Gasteiger partial charge in [0.2, 0.25) is 11.8 Å². The van der Waals surface area contributed by atoms with Crippen molar-refractivity contribution in [2.24, 2.45) is 5.92 Å². The molecule has 1 N–H and O–H groups in total. The second-order valence-corrected chi connectivity index (χ2v) is 7.04. The molecule has 25 heavy (non-hydrogen) atoms. The van der Waals surface area contributed by atoms with Gasteiger partial charge in [0.25, 0.3) is 0 Å². The molecule has 0 aliphatic carbocycles. The van der Waals surface area contributed by atoms with Crippen LogP contribution in [0.5, 0.6) is 0 Å². The van der Waals surface area contributed by atoms with Crippen molar-refractivity contribution >= 4 is 29.1 Å². The molecule has 3 rings (SSSR count). The highest BCUT2D eigenvalue weighted by atomic mass is 35.5. The van der Waals surface area contributed by atoms with E-state index < -0.39 is 0 Å². The molecule has 1 aliphatic rings. The smallest absolute Gasteiger partial charge is 0.229 e. The van der Waals surface area contributed by atoms with Gasteiger partial charge in [-0.2, -0.15) is 0 Å². The third-order valence-electron chi connectivity index (χ3n) is 4.39. The van der Waals surface area contributed by atoms with Crippen LogP contribution in [-0.4, -0.2) is 23.3 Å². The number of halogens is 1. The normalized spacial score (nSPS) is 17.0. The largest absolute Gasteiger partial charge is 0.337 e. The first-order valence-corrected chi connectivity index (χ1v) is 8.70. The van der Waals surface area contributed by atoms with Crippen LogP contribution in [-0.2, 0) is 16.1 Å². The van der Waals surface area contributed by atoms with E-state index in [-0.39, 0.29) is 24.2 Å². The Morgan fingerprint density at radius 1 is 1.20 bits per heavy atom. The van der Waals surface area contributed by atoms with E-state index >= 15 is 0 Å².